The number of hydrogen-bond acceptors (Lipinski definition) is 3. The van der Waals surface area contributed by atoms with Gasteiger partial charge < -0.3 is 10.2 Å². The highest BCUT2D eigenvalue weighted by Gasteiger charge is 1.99. The van der Waals surface area contributed by atoms with Gasteiger partial charge in [-0.2, -0.15) is 0 Å². The van der Waals surface area contributed by atoms with E-state index in [4.69, 9.17) is 0 Å². The number of phenolic OH excluding ortho intramolecular Hbond substituents is 2. The molecule has 0 amide bonds. The summed E-state index contributed by atoms with van der Waals surface area (Å²) in [5.41, 5.74) is 2.88. The molecule has 2 N–H and O–H groups in total. The van der Waals surface area contributed by atoms with Crippen molar-refractivity contribution in [2.24, 2.45) is 4.99 Å². The second kappa shape index (κ2) is 5.57. The predicted octanol–water partition coefficient (Wildman–Crippen LogP) is 3.97. The molecule has 0 unspecified atom stereocenters. The summed E-state index contributed by atoms with van der Waals surface area (Å²) in [6.07, 6.45) is 1.66. The van der Waals surface area contributed by atoms with Crippen LogP contribution in [0.4, 0.5) is 5.69 Å². The normalized spacial score (nSPS) is 11.3. The quantitative estimate of drug-likeness (QED) is 0.644. The van der Waals surface area contributed by atoms with Crippen LogP contribution in [0.15, 0.2) is 47.5 Å². The molecule has 0 aliphatic carbocycles. The molecule has 0 aliphatic heterocycles. The topological polar surface area (TPSA) is 52.8 Å². The average molecular weight is 255 g/mol. The SMILES string of the molecule is CC(C)c1ccc(N=Cc2ccc(O)c(O)c2)cc1. The molecule has 19 heavy (non-hydrogen) atoms. The first kappa shape index (κ1) is 13.1. The van der Waals surface area contributed by atoms with E-state index >= 15 is 0 Å². The number of phenols is 2. The molecule has 0 spiro atoms. The third-order valence-corrected chi connectivity index (χ3v) is 2.92. The molecule has 0 saturated carbocycles. The Morgan fingerprint density at radius 2 is 1.63 bits per heavy atom. The van der Waals surface area contributed by atoms with Gasteiger partial charge in [0.25, 0.3) is 0 Å². The van der Waals surface area contributed by atoms with Gasteiger partial charge in [-0.25, -0.2) is 0 Å². The van der Waals surface area contributed by atoms with Crippen LogP contribution in [0, 0.1) is 0 Å². The van der Waals surface area contributed by atoms with Gasteiger partial charge in [0, 0.05) is 6.21 Å². The molecule has 98 valence electrons. The van der Waals surface area contributed by atoms with Crippen molar-refractivity contribution in [3.05, 3.63) is 53.6 Å². The highest BCUT2D eigenvalue weighted by Crippen LogP contribution is 2.24. The maximum atomic E-state index is 9.38. The number of aromatic hydroxyl groups is 2. The molecule has 0 radical (unpaired) electrons. The Balaban J connectivity index is 2.15. The molecule has 0 bridgehead atoms. The van der Waals surface area contributed by atoms with Gasteiger partial charge in [0.2, 0.25) is 0 Å². The van der Waals surface area contributed by atoms with Crippen LogP contribution in [0.5, 0.6) is 11.5 Å². The molecule has 0 saturated heterocycles. The van der Waals surface area contributed by atoms with Crippen molar-refractivity contribution in [2.45, 2.75) is 19.8 Å². The monoisotopic (exact) mass is 255 g/mol. The Hall–Kier alpha value is -2.29. The van der Waals surface area contributed by atoms with Crippen LogP contribution in [0.1, 0.15) is 30.9 Å². The summed E-state index contributed by atoms with van der Waals surface area (Å²) in [6.45, 7) is 4.30. The minimum atomic E-state index is -0.140. The van der Waals surface area contributed by atoms with Crippen LogP contribution in [-0.2, 0) is 0 Å². The van der Waals surface area contributed by atoms with Crippen LogP contribution in [0.3, 0.4) is 0 Å². The third-order valence-electron chi connectivity index (χ3n) is 2.92. The molecule has 3 nitrogen and oxygen atoms in total. The van der Waals surface area contributed by atoms with E-state index < -0.39 is 0 Å². The Labute approximate surface area is 112 Å². The molecular formula is C16H17NO2. The molecular weight excluding hydrogens is 238 g/mol. The number of benzene rings is 2. The van der Waals surface area contributed by atoms with Gasteiger partial charge in [0.1, 0.15) is 0 Å². The molecule has 3 heteroatoms. The Morgan fingerprint density at radius 3 is 2.21 bits per heavy atom. The largest absolute Gasteiger partial charge is 0.504 e. The average Bonchev–Trinajstić information content (AvgIpc) is 2.40. The summed E-state index contributed by atoms with van der Waals surface area (Å²) >= 11 is 0. The van der Waals surface area contributed by atoms with Gasteiger partial charge in [-0.1, -0.05) is 26.0 Å². The van der Waals surface area contributed by atoms with Crippen molar-refractivity contribution < 1.29 is 10.2 Å². The van der Waals surface area contributed by atoms with Gasteiger partial charge in [-0.3, -0.25) is 4.99 Å². The van der Waals surface area contributed by atoms with E-state index in [-0.39, 0.29) is 11.5 Å². The lowest BCUT2D eigenvalue weighted by molar-refractivity contribution is 0.403. The maximum absolute atomic E-state index is 9.38. The van der Waals surface area contributed by atoms with Crippen molar-refractivity contribution in [3.63, 3.8) is 0 Å². The summed E-state index contributed by atoms with van der Waals surface area (Å²) in [5.74, 6) is 0.240. The molecule has 0 heterocycles. The number of hydrogen-bond donors (Lipinski definition) is 2. The molecule has 2 aromatic rings. The summed E-state index contributed by atoms with van der Waals surface area (Å²) in [6, 6.07) is 12.7. The molecule has 0 fully saturated rings. The second-order valence-electron chi connectivity index (χ2n) is 4.75. The zero-order valence-electron chi connectivity index (χ0n) is 11.0. The summed E-state index contributed by atoms with van der Waals surface area (Å²) in [4.78, 5) is 4.33. The van der Waals surface area contributed by atoms with E-state index in [1.165, 1.54) is 17.7 Å². The number of aliphatic imine (C=N–C) groups is 1. The van der Waals surface area contributed by atoms with Crippen LogP contribution in [0.25, 0.3) is 0 Å². The third kappa shape index (κ3) is 3.35. The van der Waals surface area contributed by atoms with E-state index in [0.29, 0.717) is 5.92 Å². The minimum absolute atomic E-state index is 0.126. The first-order chi connectivity index (χ1) is 9.06. The molecule has 0 atom stereocenters. The Morgan fingerprint density at radius 1 is 0.947 bits per heavy atom. The van der Waals surface area contributed by atoms with Crippen molar-refractivity contribution in [1.29, 1.82) is 0 Å². The number of nitrogens with zero attached hydrogens (tertiary/aromatic N) is 1. The van der Waals surface area contributed by atoms with Gasteiger partial charge in [0.05, 0.1) is 5.69 Å². The minimum Gasteiger partial charge on any atom is -0.504 e. The maximum Gasteiger partial charge on any atom is 0.158 e. The lowest BCUT2D eigenvalue weighted by atomic mass is 10.0. The lowest BCUT2D eigenvalue weighted by Crippen LogP contribution is -1.85. The van der Waals surface area contributed by atoms with Crippen LogP contribution < -0.4 is 0 Å². The van der Waals surface area contributed by atoms with Crippen LogP contribution in [-0.4, -0.2) is 16.4 Å². The summed E-state index contributed by atoms with van der Waals surface area (Å²) < 4.78 is 0. The molecule has 2 rings (SSSR count). The molecule has 2 aromatic carbocycles. The smallest absolute Gasteiger partial charge is 0.158 e. The molecule has 0 aromatic heterocycles. The van der Waals surface area contributed by atoms with Crippen molar-refractivity contribution in [1.82, 2.24) is 0 Å². The highest BCUT2D eigenvalue weighted by molar-refractivity contribution is 5.83. The fourth-order valence-corrected chi connectivity index (χ4v) is 1.72. The van der Waals surface area contributed by atoms with E-state index in [2.05, 4.69) is 31.0 Å². The van der Waals surface area contributed by atoms with E-state index in [1.54, 1.807) is 12.3 Å². The van der Waals surface area contributed by atoms with Crippen molar-refractivity contribution in [2.75, 3.05) is 0 Å². The lowest BCUT2D eigenvalue weighted by Gasteiger charge is -2.04. The van der Waals surface area contributed by atoms with Gasteiger partial charge in [-0.05, 0) is 47.4 Å². The van der Waals surface area contributed by atoms with E-state index in [1.807, 2.05) is 12.1 Å². The predicted molar refractivity (Wildman–Crippen MR) is 77.6 cm³/mol. The zero-order valence-corrected chi connectivity index (χ0v) is 11.0. The molecule has 0 aliphatic rings. The Kier molecular flexibility index (Phi) is 3.85. The Bertz CT molecular complexity index is 586. The first-order valence-electron chi connectivity index (χ1n) is 6.22. The van der Waals surface area contributed by atoms with Gasteiger partial charge in [-0.15, -0.1) is 0 Å². The standard InChI is InChI=1S/C16H17NO2/c1-11(2)13-4-6-14(7-5-13)17-10-12-3-8-15(18)16(19)9-12/h3-11,18-19H,1-2H3. The first-order valence-corrected chi connectivity index (χ1v) is 6.22. The highest BCUT2D eigenvalue weighted by atomic mass is 16.3. The summed E-state index contributed by atoms with van der Waals surface area (Å²) in [7, 11) is 0. The van der Waals surface area contributed by atoms with Gasteiger partial charge >= 0.3 is 0 Å². The second-order valence-corrected chi connectivity index (χ2v) is 4.75. The van der Waals surface area contributed by atoms with E-state index in [0.717, 1.165) is 11.3 Å². The van der Waals surface area contributed by atoms with Crippen molar-refractivity contribution in [3.8, 4) is 11.5 Å². The summed E-state index contributed by atoms with van der Waals surface area (Å²) in [5, 5.41) is 18.6. The zero-order chi connectivity index (χ0) is 13.8. The van der Waals surface area contributed by atoms with Crippen LogP contribution >= 0.6 is 0 Å². The van der Waals surface area contributed by atoms with Crippen LogP contribution in [0.2, 0.25) is 0 Å². The fraction of sp³-hybridized carbons (Fsp3) is 0.188. The number of rotatable bonds is 3. The van der Waals surface area contributed by atoms with Gasteiger partial charge in [0.15, 0.2) is 11.5 Å². The van der Waals surface area contributed by atoms with E-state index in [9.17, 15) is 10.2 Å². The van der Waals surface area contributed by atoms with Crippen molar-refractivity contribution >= 4 is 11.9 Å². The fourth-order valence-electron chi connectivity index (χ4n) is 1.72.